The molecule has 13 nitrogen and oxygen atoms in total. The monoisotopic (exact) mass is 534 g/mol. The molecule has 2 aromatic rings. The van der Waals surface area contributed by atoms with Gasteiger partial charge >= 0.3 is 11.9 Å². The summed E-state index contributed by atoms with van der Waals surface area (Å²) in [6.45, 7) is 0. The van der Waals surface area contributed by atoms with Gasteiger partial charge in [0.05, 0.1) is 12.4 Å². The van der Waals surface area contributed by atoms with Crippen LogP contribution >= 0.6 is 12.6 Å². The Labute approximate surface area is 218 Å². The molecule has 0 radical (unpaired) electrons. The van der Waals surface area contributed by atoms with Crippen LogP contribution in [0.5, 0.6) is 0 Å². The van der Waals surface area contributed by atoms with E-state index < -0.39 is 60.2 Å². The average molecular weight is 535 g/mol. The Balaban J connectivity index is 2.19. The summed E-state index contributed by atoms with van der Waals surface area (Å²) in [4.78, 5) is 68.1. The van der Waals surface area contributed by atoms with E-state index in [4.69, 9.17) is 10.8 Å². The molecule has 1 aromatic heterocycles. The topological polar surface area (TPSA) is 217 Å². The lowest BCUT2D eigenvalue weighted by atomic mass is 10.0. The van der Waals surface area contributed by atoms with E-state index in [1.54, 1.807) is 30.3 Å². The van der Waals surface area contributed by atoms with Crippen LogP contribution in [0.25, 0.3) is 0 Å². The van der Waals surface area contributed by atoms with Crippen LogP contribution in [-0.4, -0.2) is 79.8 Å². The fourth-order valence-electron chi connectivity index (χ4n) is 3.32. The summed E-state index contributed by atoms with van der Waals surface area (Å²) in [6, 6.07) is 3.69. The molecule has 0 aliphatic heterocycles. The molecule has 14 heteroatoms. The molecule has 1 heterocycles. The summed E-state index contributed by atoms with van der Waals surface area (Å²) in [5.74, 6) is -4.83. The van der Waals surface area contributed by atoms with E-state index in [0.29, 0.717) is 11.3 Å². The van der Waals surface area contributed by atoms with E-state index in [1.165, 1.54) is 12.5 Å². The SMILES string of the molecule is NC(CS)C(=O)NC(Cc1cnc[nH]1)C(=O)NC(CCC(=O)O)C(=O)NC(Cc1ccccc1)C(=O)O. The maximum absolute atomic E-state index is 13.1. The number of nitrogens with zero attached hydrogens (tertiary/aromatic N) is 1. The Kier molecular flexibility index (Phi) is 11.6. The molecule has 0 saturated carbocycles. The van der Waals surface area contributed by atoms with Crippen LogP contribution < -0.4 is 21.7 Å². The van der Waals surface area contributed by atoms with Gasteiger partial charge in [-0.1, -0.05) is 30.3 Å². The molecule has 2 rings (SSSR count). The highest BCUT2D eigenvalue weighted by atomic mass is 32.1. The summed E-state index contributed by atoms with van der Waals surface area (Å²) >= 11 is 3.97. The van der Waals surface area contributed by atoms with E-state index in [9.17, 15) is 29.1 Å². The van der Waals surface area contributed by atoms with Crippen molar-refractivity contribution >= 4 is 42.3 Å². The molecule has 0 saturated heterocycles. The molecule has 0 bridgehead atoms. The number of amides is 3. The largest absolute Gasteiger partial charge is 0.481 e. The first-order chi connectivity index (χ1) is 17.6. The number of nitrogens with one attached hydrogen (secondary N) is 4. The third kappa shape index (κ3) is 9.93. The van der Waals surface area contributed by atoms with Crippen LogP contribution in [0.2, 0.25) is 0 Å². The zero-order valence-corrected chi connectivity index (χ0v) is 20.7. The number of aromatic nitrogens is 2. The normalized spacial score (nSPS) is 14.0. The van der Waals surface area contributed by atoms with Crippen LogP contribution in [0.4, 0.5) is 0 Å². The molecule has 0 aliphatic rings. The summed E-state index contributed by atoms with van der Waals surface area (Å²) in [6.07, 6.45) is 1.98. The minimum absolute atomic E-state index is 0.0197. The molecule has 0 aliphatic carbocycles. The minimum atomic E-state index is -1.39. The summed E-state index contributed by atoms with van der Waals surface area (Å²) in [5, 5.41) is 26.0. The molecule has 37 heavy (non-hydrogen) atoms. The van der Waals surface area contributed by atoms with E-state index in [2.05, 4.69) is 38.5 Å². The van der Waals surface area contributed by atoms with E-state index >= 15 is 0 Å². The van der Waals surface area contributed by atoms with Gasteiger partial charge < -0.3 is 36.9 Å². The minimum Gasteiger partial charge on any atom is -0.481 e. The number of carbonyl (C=O) groups is 5. The number of nitrogens with two attached hydrogens (primary N) is 1. The van der Waals surface area contributed by atoms with Gasteiger partial charge in [0, 0.05) is 36.9 Å². The zero-order chi connectivity index (χ0) is 27.4. The van der Waals surface area contributed by atoms with Gasteiger partial charge in [-0.15, -0.1) is 0 Å². The maximum Gasteiger partial charge on any atom is 0.326 e. The van der Waals surface area contributed by atoms with Crippen LogP contribution in [0.3, 0.4) is 0 Å². The number of rotatable bonds is 15. The van der Waals surface area contributed by atoms with Gasteiger partial charge in [-0.3, -0.25) is 19.2 Å². The quantitative estimate of drug-likeness (QED) is 0.129. The lowest BCUT2D eigenvalue weighted by Gasteiger charge is -2.25. The van der Waals surface area contributed by atoms with Gasteiger partial charge in [0.2, 0.25) is 17.7 Å². The lowest BCUT2D eigenvalue weighted by Crippen LogP contribution is -2.58. The molecule has 4 atom stereocenters. The van der Waals surface area contributed by atoms with Gasteiger partial charge in [0.25, 0.3) is 0 Å². The maximum atomic E-state index is 13.1. The second kappa shape index (κ2) is 14.6. The third-order valence-electron chi connectivity index (χ3n) is 5.32. The lowest BCUT2D eigenvalue weighted by molar-refractivity contribution is -0.143. The molecular formula is C23H30N6O7S. The Morgan fingerprint density at radius 2 is 1.54 bits per heavy atom. The van der Waals surface area contributed by atoms with Gasteiger partial charge in [0.15, 0.2) is 0 Å². The first-order valence-electron chi connectivity index (χ1n) is 11.3. The average Bonchev–Trinajstić information content (AvgIpc) is 3.38. The third-order valence-corrected chi connectivity index (χ3v) is 5.72. The number of hydrogen-bond donors (Lipinski definition) is 8. The van der Waals surface area contributed by atoms with Crippen LogP contribution in [0.1, 0.15) is 24.1 Å². The van der Waals surface area contributed by atoms with Crippen molar-refractivity contribution in [2.45, 2.75) is 49.9 Å². The first kappa shape index (κ1) is 29.3. The van der Waals surface area contributed by atoms with Crippen LogP contribution in [-0.2, 0) is 36.8 Å². The second-order valence-corrected chi connectivity index (χ2v) is 8.58. The van der Waals surface area contributed by atoms with E-state index in [-0.39, 0.29) is 25.0 Å². The van der Waals surface area contributed by atoms with Crippen molar-refractivity contribution in [2.75, 3.05) is 5.75 Å². The number of imidazole rings is 1. The second-order valence-electron chi connectivity index (χ2n) is 8.21. The first-order valence-corrected chi connectivity index (χ1v) is 12.0. The van der Waals surface area contributed by atoms with Crippen molar-refractivity contribution in [1.29, 1.82) is 0 Å². The number of H-pyrrole nitrogens is 1. The molecular weight excluding hydrogens is 504 g/mol. The summed E-state index contributed by atoms with van der Waals surface area (Å²) in [7, 11) is 0. The van der Waals surface area contributed by atoms with Crippen molar-refractivity contribution < 1.29 is 34.2 Å². The van der Waals surface area contributed by atoms with Crippen molar-refractivity contribution in [2.24, 2.45) is 5.73 Å². The molecule has 4 unspecified atom stereocenters. The summed E-state index contributed by atoms with van der Waals surface area (Å²) in [5.41, 5.74) is 6.85. The van der Waals surface area contributed by atoms with Crippen molar-refractivity contribution in [3.63, 3.8) is 0 Å². The molecule has 1 aromatic carbocycles. The van der Waals surface area contributed by atoms with E-state index in [0.717, 1.165) is 0 Å². The highest BCUT2D eigenvalue weighted by Crippen LogP contribution is 2.07. The number of carboxylic acids is 2. The smallest absolute Gasteiger partial charge is 0.326 e. The van der Waals surface area contributed by atoms with Crippen molar-refractivity contribution in [3.05, 3.63) is 54.1 Å². The number of thiol groups is 1. The highest BCUT2D eigenvalue weighted by molar-refractivity contribution is 7.80. The van der Waals surface area contributed by atoms with E-state index in [1.807, 2.05) is 0 Å². The van der Waals surface area contributed by atoms with Gasteiger partial charge in [0.1, 0.15) is 18.1 Å². The van der Waals surface area contributed by atoms with Gasteiger partial charge in [-0.05, 0) is 12.0 Å². The Bertz CT molecular complexity index is 1070. The molecule has 0 fully saturated rings. The number of aliphatic carboxylic acids is 2. The number of carbonyl (C=O) groups excluding carboxylic acids is 3. The van der Waals surface area contributed by atoms with Gasteiger partial charge in [-0.2, -0.15) is 12.6 Å². The van der Waals surface area contributed by atoms with Gasteiger partial charge in [-0.25, -0.2) is 9.78 Å². The molecule has 8 N–H and O–H groups in total. The molecule has 3 amide bonds. The predicted octanol–water partition coefficient (Wildman–Crippen LogP) is -1.14. The zero-order valence-electron chi connectivity index (χ0n) is 19.8. The standard InChI is InChI=1S/C23H30N6O7S/c24-15(11-37)20(32)28-17(9-14-10-25-12-26-14)22(34)27-16(6-7-19(30)31)21(33)29-18(23(35)36)8-13-4-2-1-3-5-13/h1-5,10,12,15-18,37H,6-9,11,24H2,(H,25,26)(H,27,34)(H,28,32)(H,29,33)(H,30,31)(H,35,36). The van der Waals surface area contributed by atoms with Crippen molar-refractivity contribution in [1.82, 2.24) is 25.9 Å². The Morgan fingerprint density at radius 3 is 2.11 bits per heavy atom. The fraction of sp³-hybridized carbons (Fsp3) is 0.391. The fourth-order valence-corrected chi connectivity index (χ4v) is 3.48. The molecule has 0 spiro atoms. The van der Waals surface area contributed by atoms with Crippen LogP contribution in [0.15, 0.2) is 42.9 Å². The Hall–Kier alpha value is -3.91. The van der Waals surface area contributed by atoms with Crippen LogP contribution in [0, 0.1) is 0 Å². The number of carboxylic acid groups (broad SMARTS) is 2. The molecule has 200 valence electrons. The van der Waals surface area contributed by atoms with Crippen molar-refractivity contribution in [3.8, 4) is 0 Å². The predicted molar refractivity (Wildman–Crippen MR) is 135 cm³/mol. The number of hydrogen-bond acceptors (Lipinski definition) is 8. The summed E-state index contributed by atoms with van der Waals surface area (Å²) < 4.78 is 0. The number of aromatic amines is 1. The Morgan fingerprint density at radius 1 is 0.919 bits per heavy atom. The highest BCUT2D eigenvalue weighted by Gasteiger charge is 2.31. The number of benzene rings is 1.